The first-order valence-corrected chi connectivity index (χ1v) is 5.78. The second-order valence-corrected chi connectivity index (χ2v) is 3.99. The summed E-state index contributed by atoms with van der Waals surface area (Å²) in [7, 11) is 1.66. The Labute approximate surface area is 101 Å². The van der Waals surface area contributed by atoms with Gasteiger partial charge in [-0.05, 0) is 31.2 Å². The van der Waals surface area contributed by atoms with Crippen LogP contribution in [0, 0.1) is 0 Å². The fourth-order valence-corrected chi connectivity index (χ4v) is 1.63. The van der Waals surface area contributed by atoms with Gasteiger partial charge in [0.15, 0.2) is 0 Å². The van der Waals surface area contributed by atoms with E-state index in [0.717, 1.165) is 35.8 Å². The topological polar surface area (TPSA) is 21.3 Å². The van der Waals surface area contributed by atoms with E-state index in [1.807, 2.05) is 18.2 Å². The van der Waals surface area contributed by atoms with Crippen LogP contribution in [0.25, 0.3) is 0 Å². The number of halogens is 2. The molecule has 0 atom stereocenters. The van der Waals surface area contributed by atoms with Gasteiger partial charge in [0, 0.05) is 23.0 Å². The number of benzene rings is 1. The van der Waals surface area contributed by atoms with Crippen LogP contribution in [0.15, 0.2) is 18.2 Å². The number of ether oxygens (including phenoxy) is 1. The molecule has 4 heteroatoms. The van der Waals surface area contributed by atoms with Gasteiger partial charge in [-0.3, -0.25) is 0 Å². The van der Waals surface area contributed by atoms with Crippen LogP contribution in [0.3, 0.4) is 0 Å². The minimum atomic E-state index is 0.680. The van der Waals surface area contributed by atoms with Gasteiger partial charge in [-0.25, -0.2) is 0 Å². The van der Waals surface area contributed by atoms with Gasteiger partial charge in [0.25, 0.3) is 0 Å². The van der Waals surface area contributed by atoms with Crippen molar-refractivity contribution in [1.29, 1.82) is 0 Å². The third kappa shape index (κ3) is 4.29. The first-order valence-electron chi connectivity index (χ1n) is 4.87. The molecule has 0 aliphatic carbocycles. The van der Waals surface area contributed by atoms with E-state index in [2.05, 4.69) is 5.32 Å². The van der Waals surface area contributed by atoms with Crippen molar-refractivity contribution in [1.82, 2.24) is 5.32 Å². The lowest BCUT2D eigenvalue weighted by atomic mass is 10.2. The predicted octanol–water partition coefficient (Wildman–Crippen LogP) is 3.07. The highest BCUT2D eigenvalue weighted by Gasteiger charge is 2.02. The van der Waals surface area contributed by atoms with Crippen LogP contribution >= 0.6 is 23.2 Å². The maximum atomic E-state index is 5.91. The lowest BCUT2D eigenvalue weighted by molar-refractivity contribution is 0.408. The van der Waals surface area contributed by atoms with Crippen LogP contribution in [0.5, 0.6) is 5.75 Å². The Morgan fingerprint density at radius 2 is 2.20 bits per heavy atom. The molecule has 1 N–H and O–H groups in total. The van der Waals surface area contributed by atoms with Crippen molar-refractivity contribution in [2.45, 2.75) is 13.0 Å². The van der Waals surface area contributed by atoms with Gasteiger partial charge in [-0.1, -0.05) is 11.6 Å². The predicted molar refractivity (Wildman–Crippen MR) is 65.0 cm³/mol. The molecule has 1 aromatic rings. The largest absolute Gasteiger partial charge is 0.496 e. The van der Waals surface area contributed by atoms with E-state index in [-0.39, 0.29) is 0 Å². The van der Waals surface area contributed by atoms with Crippen molar-refractivity contribution >= 4 is 23.2 Å². The highest BCUT2D eigenvalue weighted by Crippen LogP contribution is 2.22. The van der Waals surface area contributed by atoms with Crippen LogP contribution in [0.2, 0.25) is 5.02 Å². The summed E-state index contributed by atoms with van der Waals surface area (Å²) in [5.41, 5.74) is 1.07. The molecule has 0 fully saturated rings. The number of hydrogen-bond donors (Lipinski definition) is 1. The zero-order valence-electron chi connectivity index (χ0n) is 8.72. The quantitative estimate of drug-likeness (QED) is 0.617. The van der Waals surface area contributed by atoms with Gasteiger partial charge in [-0.2, -0.15) is 0 Å². The highest BCUT2D eigenvalue weighted by atomic mass is 35.5. The van der Waals surface area contributed by atoms with Crippen LogP contribution in [-0.2, 0) is 6.54 Å². The average molecular weight is 248 g/mol. The van der Waals surface area contributed by atoms with Crippen molar-refractivity contribution in [2.75, 3.05) is 19.5 Å². The summed E-state index contributed by atoms with van der Waals surface area (Å²) in [5.74, 6) is 1.54. The summed E-state index contributed by atoms with van der Waals surface area (Å²) in [6.07, 6.45) is 0.963. The van der Waals surface area contributed by atoms with Gasteiger partial charge in [0.2, 0.25) is 0 Å². The monoisotopic (exact) mass is 247 g/mol. The molecule has 2 nitrogen and oxygen atoms in total. The standard InChI is InChI=1S/C11H15Cl2NO/c1-15-11-4-3-10(13)7-9(11)8-14-6-2-5-12/h3-4,7,14H,2,5-6,8H2,1H3. The molecular weight excluding hydrogens is 233 g/mol. The zero-order chi connectivity index (χ0) is 11.1. The number of methoxy groups -OCH3 is 1. The fraction of sp³-hybridized carbons (Fsp3) is 0.455. The molecule has 0 radical (unpaired) electrons. The smallest absolute Gasteiger partial charge is 0.123 e. The molecule has 1 rings (SSSR count). The molecule has 0 aliphatic heterocycles. The molecule has 0 amide bonds. The zero-order valence-corrected chi connectivity index (χ0v) is 10.2. The molecular formula is C11H15Cl2NO. The lowest BCUT2D eigenvalue weighted by Crippen LogP contribution is -2.15. The molecule has 0 spiro atoms. The Morgan fingerprint density at radius 1 is 1.40 bits per heavy atom. The average Bonchev–Trinajstić information content (AvgIpc) is 2.25. The van der Waals surface area contributed by atoms with Crippen molar-refractivity contribution < 1.29 is 4.74 Å². The van der Waals surface area contributed by atoms with Gasteiger partial charge in [0.05, 0.1) is 7.11 Å². The van der Waals surface area contributed by atoms with E-state index in [0.29, 0.717) is 5.88 Å². The summed E-state index contributed by atoms with van der Waals surface area (Å²) < 4.78 is 5.23. The lowest BCUT2D eigenvalue weighted by Gasteiger charge is -2.09. The summed E-state index contributed by atoms with van der Waals surface area (Å²) >= 11 is 11.5. The van der Waals surface area contributed by atoms with E-state index >= 15 is 0 Å². The molecule has 0 aromatic heterocycles. The van der Waals surface area contributed by atoms with Crippen molar-refractivity contribution in [2.24, 2.45) is 0 Å². The molecule has 0 bridgehead atoms. The summed E-state index contributed by atoms with van der Waals surface area (Å²) in [6, 6.07) is 5.61. The second kappa shape index (κ2) is 6.94. The Hall–Kier alpha value is -0.440. The second-order valence-electron chi connectivity index (χ2n) is 3.18. The normalized spacial score (nSPS) is 10.3. The Morgan fingerprint density at radius 3 is 2.87 bits per heavy atom. The number of alkyl halides is 1. The van der Waals surface area contributed by atoms with Gasteiger partial charge >= 0.3 is 0 Å². The Kier molecular flexibility index (Phi) is 5.84. The summed E-state index contributed by atoms with van der Waals surface area (Å²) in [4.78, 5) is 0. The van der Waals surface area contributed by atoms with E-state index in [1.165, 1.54) is 0 Å². The minimum Gasteiger partial charge on any atom is -0.496 e. The van der Waals surface area contributed by atoms with Gasteiger partial charge in [0.1, 0.15) is 5.75 Å². The first kappa shape index (κ1) is 12.6. The Balaban J connectivity index is 2.54. The number of hydrogen-bond acceptors (Lipinski definition) is 2. The third-order valence-corrected chi connectivity index (χ3v) is 2.55. The van der Waals surface area contributed by atoms with E-state index in [9.17, 15) is 0 Å². The highest BCUT2D eigenvalue weighted by molar-refractivity contribution is 6.30. The number of nitrogens with one attached hydrogen (secondary N) is 1. The number of rotatable bonds is 6. The van der Waals surface area contributed by atoms with Crippen LogP contribution in [0.1, 0.15) is 12.0 Å². The van der Waals surface area contributed by atoms with E-state index in [1.54, 1.807) is 7.11 Å². The minimum absolute atomic E-state index is 0.680. The van der Waals surface area contributed by atoms with Crippen molar-refractivity contribution in [3.8, 4) is 5.75 Å². The van der Waals surface area contributed by atoms with Crippen molar-refractivity contribution in [3.63, 3.8) is 0 Å². The van der Waals surface area contributed by atoms with Crippen LogP contribution < -0.4 is 10.1 Å². The maximum Gasteiger partial charge on any atom is 0.123 e. The first-order chi connectivity index (χ1) is 7.27. The van der Waals surface area contributed by atoms with Crippen LogP contribution in [0.4, 0.5) is 0 Å². The summed E-state index contributed by atoms with van der Waals surface area (Å²) in [5, 5.41) is 4.01. The van der Waals surface area contributed by atoms with E-state index in [4.69, 9.17) is 27.9 Å². The maximum absolute atomic E-state index is 5.91. The molecule has 1 aromatic carbocycles. The van der Waals surface area contributed by atoms with Crippen LogP contribution in [-0.4, -0.2) is 19.5 Å². The molecule has 0 heterocycles. The third-order valence-electron chi connectivity index (χ3n) is 2.05. The molecule has 0 saturated heterocycles. The molecule has 0 unspecified atom stereocenters. The van der Waals surface area contributed by atoms with Crippen molar-refractivity contribution in [3.05, 3.63) is 28.8 Å². The van der Waals surface area contributed by atoms with Gasteiger partial charge < -0.3 is 10.1 Å². The SMILES string of the molecule is COc1ccc(Cl)cc1CNCCCCl. The Bertz CT molecular complexity index is 305. The molecule has 15 heavy (non-hydrogen) atoms. The van der Waals surface area contributed by atoms with Gasteiger partial charge in [-0.15, -0.1) is 11.6 Å². The molecule has 0 aliphatic rings. The summed E-state index contributed by atoms with van der Waals surface area (Å²) in [6.45, 7) is 1.65. The van der Waals surface area contributed by atoms with E-state index < -0.39 is 0 Å². The molecule has 0 saturated carbocycles. The fourth-order valence-electron chi connectivity index (χ4n) is 1.30. The molecule has 84 valence electrons.